The minimum atomic E-state index is -4.37. The summed E-state index contributed by atoms with van der Waals surface area (Å²) in [5.41, 5.74) is -0.758. The van der Waals surface area contributed by atoms with Gasteiger partial charge in [-0.2, -0.15) is 13.2 Å². The van der Waals surface area contributed by atoms with Crippen molar-refractivity contribution in [2.75, 3.05) is 0 Å². The Morgan fingerprint density at radius 1 is 1.14 bits per heavy atom. The van der Waals surface area contributed by atoms with Crippen molar-refractivity contribution >= 4 is 33.3 Å². The van der Waals surface area contributed by atoms with Gasteiger partial charge < -0.3 is 0 Å². The molecule has 0 radical (unpaired) electrons. The van der Waals surface area contributed by atoms with Crippen molar-refractivity contribution in [2.45, 2.75) is 23.2 Å². The fourth-order valence-electron chi connectivity index (χ4n) is 1.74. The minimum absolute atomic E-state index is 0.465. The molecule has 0 bridgehead atoms. The number of aromatic nitrogens is 3. The van der Waals surface area contributed by atoms with E-state index in [1.807, 2.05) is 13.0 Å². The van der Waals surface area contributed by atoms with Gasteiger partial charge in [-0.1, -0.05) is 0 Å². The summed E-state index contributed by atoms with van der Waals surface area (Å²) < 4.78 is 37.5. The van der Waals surface area contributed by atoms with E-state index in [9.17, 15) is 13.2 Å². The van der Waals surface area contributed by atoms with Crippen LogP contribution in [0.1, 0.15) is 10.4 Å². The number of aryl methyl sites for hydroxylation is 1. The van der Waals surface area contributed by atoms with E-state index < -0.39 is 11.7 Å². The highest BCUT2D eigenvalue weighted by Gasteiger charge is 2.30. The number of nitrogens with zero attached hydrogens (tertiary/aromatic N) is 3. The van der Waals surface area contributed by atoms with Gasteiger partial charge in [-0.25, -0.2) is 15.0 Å². The fourth-order valence-corrected chi connectivity index (χ4v) is 3.46. The molecule has 0 aliphatic carbocycles. The molecule has 21 heavy (non-hydrogen) atoms. The maximum absolute atomic E-state index is 12.5. The van der Waals surface area contributed by atoms with E-state index in [2.05, 4.69) is 15.0 Å². The van der Waals surface area contributed by atoms with Crippen molar-refractivity contribution in [1.82, 2.24) is 15.0 Å². The van der Waals surface area contributed by atoms with Crippen LogP contribution in [0.15, 0.2) is 40.8 Å². The number of hydrogen-bond acceptors (Lipinski definition) is 5. The second-order valence-electron chi connectivity index (χ2n) is 4.24. The lowest BCUT2D eigenvalue weighted by molar-refractivity contribution is -0.137. The molecule has 8 heteroatoms. The molecule has 0 fully saturated rings. The largest absolute Gasteiger partial charge is 0.417 e. The SMILES string of the molecule is Cc1cc2c(Sc3ccc(C(F)(F)F)cn3)ncnc2s1. The molecule has 3 nitrogen and oxygen atoms in total. The van der Waals surface area contributed by atoms with Crippen LogP contribution in [0.2, 0.25) is 0 Å². The predicted molar refractivity (Wildman–Crippen MR) is 75.5 cm³/mol. The molecule has 0 aromatic carbocycles. The maximum atomic E-state index is 12.5. The van der Waals surface area contributed by atoms with E-state index in [1.54, 1.807) is 11.3 Å². The van der Waals surface area contributed by atoms with Crippen molar-refractivity contribution < 1.29 is 13.2 Å². The zero-order valence-electron chi connectivity index (χ0n) is 10.7. The van der Waals surface area contributed by atoms with Crippen molar-refractivity contribution in [1.29, 1.82) is 0 Å². The third-order valence-corrected chi connectivity index (χ3v) is 4.61. The van der Waals surface area contributed by atoms with Crippen LogP contribution in [0.4, 0.5) is 13.2 Å². The van der Waals surface area contributed by atoms with Crippen LogP contribution in [0.5, 0.6) is 0 Å². The molecule has 3 heterocycles. The van der Waals surface area contributed by atoms with E-state index in [1.165, 1.54) is 24.2 Å². The average Bonchev–Trinajstić information content (AvgIpc) is 2.80. The molecule has 0 N–H and O–H groups in total. The summed E-state index contributed by atoms with van der Waals surface area (Å²) in [6, 6.07) is 4.33. The van der Waals surface area contributed by atoms with Crippen LogP contribution >= 0.6 is 23.1 Å². The smallest absolute Gasteiger partial charge is 0.249 e. The molecule has 108 valence electrons. The standard InChI is InChI=1S/C13H8F3N3S2/c1-7-4-9-11(20-7)18-6-19-12(9)21-10-3-2-8(5-17-10)13(14,15)16/h2-6H,1H3. The highest BCUT2D eigenvalue weighted by molar-refractivity contribution is 7.99. The number of hydrogen-bond donors (Lipinski definition) is 0. The fraction of sp³-hybridized carbons (Fsp3) is 0.154. The van der Waals surface area contributed by atoms with E-state index >= 15 is 0 Å². The Kier molecular flexibility index (Phi) is 3.58. The summed E-state index contributed by atoms with van der Waals surface area (Å²) in [7, 11) is 0. The lowest BCUT2D eigenvalue weighted by atomic mass is 10.3. The van der Waals surface area contributed by atoms with Crippen molar-refractivity contribution in [3.8, 4) is 0 Å². The number of thiophene rings is 1. The van der Waals surface area contributed by atoms with Crippen molar-refractivity contribution in [2.24, 2.45) is 0 Å². The maximum Gasteiger partial charge on any atom is 0.417 e. The summed E-state index contributed by atoms with van der Waals surface area (Å²) in [4.78, 5) is 14.2. The van der Waals surface area contributed by atoms with Gasteiger partial charge in [0, 0.05) is 16.5 Å². The molecule has 3 aromatic rings. The lowest BCUT2D eigenvalue weighted by Gasteiger charge is -2.06. The number of fused-ring (bicyclic) bond motifs is 1. The first-order chi connectivity index (χ1) is 9.93. The molecule has 0 aliphatic heterocycles. The van der Waals surface area contributed by atoms with Gasteiger partial charge in [0.15, 0.2) is 0 Å². The van der Waals surface area contributed by atoms with E-state index in [4.69, 9.17) is 0 Å². The van der Waals surface area contributed by atoms with Gasteiger partial charge in [0.25, 0.3) is 0 Å². The monoisotopic (exact) mass is 327 g/mol. The number of alkyl halides is 3. The van der Waals surface area contributed by atoms with E-state index in [0.717, 1.165) is 27.4 Å². The summed E-state index contributed by atoms with van der Waals surface area (Å²) in [6.07, 6.45) is -2.09. The summed E-state index contributed by atoms with van der Waals surface area (Å²) in [6.45, 7) is 1.97. The molecule has 0 atom stereocenters. The van der Waals surface area contributed by atoms with Crippen LogP contribution in [-0.4, -0.2) is 15.0 Å². The molecule has 0 saturated heterocycles. The molecule has 0 saturated carbocycles. The second kappa shape index (κ2) is 5.27. The molecule has 3 rings (SSSR count). The van der Waals surface area contributed by atoms with Crippen LogP contribution in [0.3, 0.4) is 0 Å². The number of rotatable bonds is 2. The van der Waals surface area contributed by atoms with Gasteiger partial charge in [0.05, 0.1) is 5.56 Å². The molecular formula is C13H8F3N3S2. The van der Waals surface area contributed by atoms with E-state index in [-0.39, 0.29) is 0 Å². The van der Waals surface area contributed by atoms with Gasteiger partial charge >= 0.3 is 6.18 Å². The second-order valence-corrected chi connectivity index (χ2v) is 6.48. The zero-order valence-corrected chi connectivity index (χ0v) is 12.3. The van der Waals surface area contributed by atoms with Gasteiger partial charge in [-0.05, 0) is 36.9 Å². The summed E-state index contributed by atoms with van der Waals surface area (Å²) in [5, 5.41) is 2.05. The Morgan fingerprint density at radius 3 is 2.62 bits per heavy atom. The van der Waals surface area contributed by atoms with Crippen LogP contribution in [-0.2, 0) is 6.18 Å². The third-order valence-electron chi connectivity index (χ3n) is 2.68. The molecule has 0 aliphatic rings. The first-order valence-electron chi connectivity index (χ1n) is 5.86. The minimum Gasteiger partial charge on any atom is -0.249 e. The summed E-state index contributed by atoms with van der Waals surface area (Å²) >= 11 is 2.78. The quantitative estimate of drug-likeness (QED) is 0.647. The summed E-state index contributed by atoms with van der Waals surface area (Å²) in [5.74, 6) is 0. The number of halogens is 3. The Bertz CT molecular complexity index is 781. The van der Waals surface area contributed by atoms with Crippen LogP contribution in [0, 0.1) is 6.92 Å². The highest BCUT2D eigenvalue weighted by atomic mass is 32.2. The first-order valence-corrected chi connectivity index (χ1v) is 7.49. The Balaban J connectivity index is 1.92. The third kappa shape index (κ3) is 3.01. The predicted octanol–water partition coefficient (Wildman–Crippen LogP) is 4.56. The van der Waals surface area contributed by atoms with Crippen molar-refractivity contribution in [3.05, 3.63) is 41.2 Å². The van der Waals surface area contributed by atoms with Crippen LogP contribution in [0.25, 0.3) is 10.2 Å². The van der Waals surface area contributed by atoms with Crippen LogP contribution < -0.4 is 0 Å². The highest BCUT2D eigenvalue weighted by Crippen LogP contribution is 2.35. The Morgan fingerprint density at radius 2 is 1.95 bits per heavy atom. The van der Waals surface area contributed by atoms with Gasteiger partial charge in [0.2, 0.25) is 0 Å². The van der Waals surface area contributed by atoms with Crippen molar-refractivity contribution in [3.63, 3.8) is 0 Å². The zero-order chi connectivity index (χ0) is 15.0. The number of pyridine rings is 1. The lowest BCUT2D eigenvalue weighted by Crippen LogP contribution is -2.05. The normalized spacial score (nSPS) is 12.0. The van der Waals surface area contributed by atoms with Gasteiger partial charge in [0.1, 0.15) is 21.2 Å². The Labute approximate surface area is 126 Å². The topological polar surface area (TPSA) is 38.7 Å². The molecule has 3 aromatic heterocycles. The van der Waals surface area contributed by atoms with Gasteiger partial charge in [-0.15, -0.1) is 11.3 Å². The first kappa shape index (κ1) is 14.3. The molecule has 0 unspecified atom stereocenters. The Hall–Kier alpha value is -1.67. The average molecular weight is 327 g/mol. The molecule has 0 amide bonds. The van der Waals surface area contributed by atoms with E-state index in [0.29, 0.717) is 10.1 Å². The molecular weight excluding hydrogens is 319 g/mol. The molecule has 0 spiro atoms. The van der Waals surface area contributed by atoms with Gasteiger partial charge in [-0.3, -0.25) is 0 Å².